The van der Waals surface area contributed by atoms with E-state index in [4.69, 9.17) is 5.11 Å². The lowest BCUT2D eigenvalue weighted by atomic mass is 10.3. The van der Waals surface area contributed by atoms with Gasteiger partial charge in [0.05, 0.1) is 0 Å². The van der Waals surface area contributed by atoms with Gasteiger partial charge in [-0.25, -0.2) is 14.8 Å². The highest BCUT2D eigenvalue weighted by molar-refractivity contribution is 5.85. The summed E-state index contributed by atoms with van der Waals surface area (Å²) in [5.41, 5.74) is 0.0461. The molecule has 1 atom stereocenters. The van der Waals surface area contributed by atoms with Gasteiger partial charge < -0.3 is 14.9 Å². The van der Waals surface area contributed by atoms with Crippen LogP contribution in [-0.2, 0) is 0 Å². The van der Waals surface area contributed by atoms with Gasteiger partial charge in [0, 0.05) is 25.3 Å². The van der Waals surface area contributed by atoms with E-state index < -0.39 is 5.97 Å². The highest BCUT2D eigenvalue weighted by Crippen LogP contribution is 2.15. The Morgan fingerprint density at radius 2 is 2.28 bits per heavy atom. The summed E-state index contributed by atoms with van der Waals surface area (Å²) in [6.45, 7) is 4.94. The number of likely N-dealkylation sites (N-methyl/N-ethyl adjacent to an activating group) is 1. The van der Waals surface area contributed by atoms with Crippen molar-refractivity contribution in [3.63, 3.8) is 0 Å². The van der Waals surface area contributed by atoms with E-state index in [2.05, 4.69) is 33.7 Å². The summed E-state index contributed by atoms with van der Waals surface area (Å²) < 4.78 is 0. The van der Waals surface area contributed by atoms with Crippen LogP contribution < -0.4 is 4.90 Å². The maximum absolute atomic E-state index is 10.9. The molecule has 1 saturated heterocycles. The van der Waals surface area contributed by atoms with Crippen molar-refractivity contribution in [2.75, 3.05) is 31.6 Å². The zero-order valence-electron chi connectivity index (χ0n) is 10.7. The van der Waals surface area contributed by atoms with Gasteiger partial charge in [-0.05, 0) is 33.0 Å². The first-order valence-electron chi connectivity index (χ1n) is 6.09. The van der Waals surface area contributed by atoms with Crippen LogP contribution in [0.1, 0.15) is 23.8 Å². The summed E-state index contributed by atoms with van der Waals surface area (Å²) in [5, 5.41) is 8.95. The number of carboxylic acid groups (broad SMARTS) is 1. The Kier molecular flexibility index (Phi) is 3.76. The summed E-state index contributed by atoms with van der Waals surface area (Å²) >= 11 is 0. The van der Waals surface area contributed by atoms with Crippen LogP contribution in [0, 0.1) is 0 Å². The fraction of sp³-hybridized carbons (Fsp3) is 0.583. The molecule has 6 heteroatoms. The lowest BCUT2D eigenvalue weighted by molar-refractivity contribution is 0.0690. The van der Waals surface area contributed by atoms with Gasteiger partial charge in [-0.1, -0.05) is 0 Å². The molecule has 0 aromatic carbocycles. The first kappa shape index (κ1) is 12.8. The Labute approximate surface area is 106 Å². The van der Waals surface area contributed by atoms with Crippen molar-refractivity contribution in [3.05, 3.63) is 18.0 Å². The molecule has 0 saturated carbocycles. The van der Waals surface area contributed by atoms with E-state index in [9.17, 15) is 4.79 Å². The monoisotopic (exact) mass is 250 g/mol. The van der Waals surface area contributed by atoms with Gasteiger partial charge in [0.25, 0.3) is 0 Å². The fourth-order valence-electron chi connectivity index (χ4n) is 2.28. The third-order valence-electron chi connectivity index (χ3n) is 3.17. The van der Waals surface area contributed by atoms with Crippen molar-refractivity contribution in [3.8, 4) is 0 Å². The van der Waals surface area contributed by atoms with Gasteiger partial charge in [0.1, 0.15) is 0 Å². The van der Waals surface area contributed by atoms with Gasteiger partial charge in [-0.2, -0.15) is 0 Å². The summed E-state index contributed by atoms with van der Waals surface area (Å²) in [4.78, 5) is 23.6. The first-order valence-corrected chi connectivity index (χ1v) is 6.09. The lowest BCUT2D eigenvalue weighted by Crippen LogP contribution is -2.39. The van der Waals surface area contributed by atoms with Crippen LogP contribution in [0.25, 0.3) is 0 Å². The minimum atomic E-state index is -1.02. The molecule has 6 nitrogen and oxygen atoms in total. The molecule has 98 valence electrons. The molecule has 1 aliphatic heterocycles. The standard InChI is InChI=1S/C12H18N4O2/c1-9-8-15(2)6-3-7-16(9)12-13-5-4-10(14-12)11(17)18/h4-5,9H,3,6-8H2,1-2H3,(H,17,18). The molecule has 1 aliphatic rings. The van der Waals surface area contributed by atoms with Crippen molar-refractivity contribution < 1.29 is 9.90 Å². The minimum Gasteiger partial charge on any atom is -0.477 e. The molecule has 1 N–H and O–H groups in total. The predicted octanol–water partition coefficient (Wildman–Crippen LogP) is 0.705. The number of aromatic nitrogens is 2. The molecule has 0 amide bonds. The van der Waals surface area contributed by atoms with Crippen molar-refractivity contribution in [1.82, 2.24) is 14.9 Å². The largest absolute Gasteiger partial charge is 0.477 e. The molecule has 0 aliphatic carbocycles. The van der Waals surface area contributed by atoms with E-state index in [1.165, 1.54) is 12.3 Å². The van der Waals surface area contributed by atoms with E-state index in [1.54, 1.807) is 0 Å². The number of carbonyl (C=O) groups is 1. The number of rotatable bonds is 2. The van der Waals surface area contributed by atoms with Gasteiger partial charge in [0.15, 0.2) is 5.69 Å². The molecule has 0 radical (unpaired) electrons. The Hall–Kier alpha value is -1.69. The number of carboxylic acids is 1. The second-order valence-corrected chi connectivity index (χ2v) is 4.71. The highest BCUT2D eigenvalue weighted by atomic mass is 16.4. The van der Waals surface area contributed by atoms with E-state index in [1.807, 2.05) is 0 Å². The molecule has 2 rings (SSSR count). The second-order valence-electron chi connectivity index (χ2n) is 4.71. The average Bonchev–Trinajstić information content (AvgIpc) is 2.50. The van der Waals surface area contributed by atoms with Gasteiger partial charge in [-0.3, -0.25) is 0 Å². The Bertz CT molecular complexity index is 438. The molecule has 2 heterocycles. The molecular weight excluding hydrogens is 232 g/mol. The molecule has 0 spiro atoms. The molecule has 1 unspecified atom stereocenters. The molecule has 1 fully saturated rings. The number of hydrogen-bond donors (Lipinski definition) is 1. The third-order valence-corrected chi connectivity index (χ3v) is 3.17. The number of nitrogens with zero attached hydrogens (tertiary/aromatic N) is 4. The first-order chi connectivity index (χ1) is 8.58. The third kappa shape index (κ3) is 2.76. The van der Waals surface area contributed by atoms with Crippen molar-refractivity contribution >= 4 is 11.9 Å². The molecule has 18 heavy (non-hydrogen) atoms. The Morgan fingerprint density at radius 1 is 1.50 bits per heavy atom. The SMILES string of the molecule is CC1CN(C)CCCN1c1nccc(C(=O)O)n1. The maximum Gasteiger partial charge on any atom is 0.354 e. The van der Waals surface area contributed by atoms with Crippen molar-refractivity contribution in [2.24, 2.45) is 0 Å². The van der Waals surface area contributed by atoms with E-state index in [0.29, 0.717) is 5.95 Å². The van der Waals surface area contributed by atoms with E-state index >= 15 is 0 Å². The van der Waals surface area contributed by atoms with Crippen molar-refractivity contribution in [1.29, 1.82) is 0 Å². The quantitative estimate of drug-likeness (QED) is 0.833. The number of hydrogen-bond acceptors (Lipinski definition) is 5. The van der Waals surface area contributed by atoms with E-state index in [0.717, 1.165) is 26.1 Å². The maximum atomic E-state index is 10.9. The Balaban J connectivity index is 2.24. The zero-order valence-corrected chi connectivity index (χ0v) is 10.7. The fourth-order valence-corrected chi connectivity index (χ4v) is 2.28. The highest BCUT2D eigenvalue weighted by Gasteiger charge is 2.22. The van der Waals surface area contributed by atoms with Gasteiger partial charge >= 0.3 is 5.97 Å². The smallest absolute Gasteiger partial charge is 0.354 e. The van der Waals surface area contributed by atoms with Crippen LogP contribution >= 0.6 is 0 Å². The minimum absolute atomic E-state index is 0.0461. The normalized spacial score (nSPS) is 21.7. The molecular formula is C12H18N4O2. The van der Waals surface area contributed by atoms with Crippen LogP contribution in [0.2, 0.25) is 0 Å². The lowest BCUT2D eigenvalue weighted by Gasteiger charge is -2.27. The van der Waals surface area contributed by atoms with E-state index in [-0.39, 0.29) is 11.7 Å². The number of anilines is 1. The molecule has 1 aromatic rings. The molecule has 0 bridgehead atoms. The van der Waals surface area contributed by atoms with Crippen LogP contribution in [0.15, 0.2) is 12.3 Å². The van der Waals surface area contributed by atoms with Crippen LogP contribution in [-0.4, -0.2) is 58.7 Å². The predicted molar refractivity (Wildman–Crippen MR) is 67.9 cm³/mol. The topological polar surface area (TPSA) is 69.6 Å². The zero-order chi connectivity index (χ0) is 13.1. The van der Waals surface area contributed by atoms with Gasteiger partial charge in [0.2, 0.25) is 5.95 Å². The Morgan fingerprint density at radius 3 is 3.00 bits per heavy atom. The second kappa shape index (κ2) is 5.30. The van der Waals surface area contributed by atoms with Crippen molar-refractivity contribution in [2.45, 2.75) is 19.4 Å². The van der Waals surface area contributed by atoms with Crippen LogP contribution in [0.3, 0.4) is 0 Å². The summed E-state index contributed by atoms with van der Waals surface area (Å²) in [6.07, 6.45) is 2.54. The molecule has 1 aromatic heterocycles. The summed E-state index contributed by atoms with van der Waals surface area (Å²) in [5.74, 6) is -0.504. The summed E-state index contributed by atoms with van der Waals surface area (Å²) in [7, 11) is 2.09. The van der Waals surface area contributed by atoms with Gasteiger partial charge in [-0.15, -0.1) is 0 Å². The van der Waals surface area contributed by atoms with Crippen LogP contribution in [0.5, 0.6) is 0 Å². The van der Waals surface area contributed by atoms with Crippen LogP contribution in [0.4, 0.5) is 5.95 Å². The average molecular weight is 250 g/mol. The summed E-state index contributed by atoms with van der Waals surface area (Å²) in [6, 6.07) is 1.70. The number of aromatic carboxylic acids is 1.